The summed E-state index contributed by atoms with van der Waals surface area (Å²) in [6, 6.07) is 4.82. The summed E-state index contributed by atoms with van der Waals surface area (Å²) < 4.78 is 25.5. The molecule has 0 radical (unpaired) electrons. The zero-order chi connectivity index (χ0) is 13.6. The number of urea groups is 1. The highest BCUT2D eigenvalue weighted by Crippen LogP contribution is 2.13. The molecule has 0 spiro atoms. The maximum absolute atomic E-state index is 11.8. The van der Waals surface area contributed by atoms with E-state index in [1.807, 2.05) is 11.0 Å². The number of sulfonamides is 1. The Hall–Kier alpha value is -0.920. The van der Waals surface area contributed by atoms with Crippen molar-refractivity contribution >= 4 is 39.4 Å². The van der Waals surface area contributed by atoms with Gasteiger partial charge in [0.2, 0.25) is 0 Å². The molecule has 2 N–H and O–H groups in total. The summed E-state index contributed by atoms with van der Waals surface area (Å²) in [4.78, 5) is 11.3. The van der Waals surface area contributed by atoms with Gasteiger partial charge < -0.3 is 5.32 Å². The topological polar surface area (TPSA) is 75.3 Å². The molecule has 1 rings (SSSR count). The SMILES string of the molecule is CSCCNC(=O)NS(=O)(=O)c1ccc(Cl)cc1. The van der Waals surface area contributed by atoms with Gasteiger partial charge in [-0.3, -0.25) is 0 Å². The zero-order valence-electron chi connectivity index (χ0n) is 9.64. The van der Waals surface area contributed by atoms with Crippen molar-refractivity contribution < 1.29 is 13.2 Å². The Morgan fingerprint density at radius 2 is 1.94 bits per heavy atom. The predicted molar refractivity (Wildman–Crippen MR) is 73.6 cm³/mol. The fraction of sp³-hybridized carbons (Fsp3) is 0.300. The number of thioether (sulfide) groups is 1. The smallest absolute Gasteiger partial charge is 0.328 e. The maximum atomic E-state index is 11.8. The molecule has 0 aliphatic carbocycles. The monoisotopic (exact) mass is 308 g/mol. The van der Waals surface area contributed by atoms with Crippen LogP contribution in [0, 0.1) is 0 Å². The predicted octanol–water partition coefficient (Wildman–Crippen LogP) is 1.69. The summed E-state index contributed by atoms with van der Waals surface area (Å²) >= 11 is 7.21. The van der Waals surface area contributed by atoms with Crippen LogP contribution in [0.15, 0.2) is 29.2 Å². The van der Waals surface area contributed by atoms with Gasteiger partial charge in [-0.1, -0.05) is 11.6 Å². The number of benzene rings is 1. The minimum Gasteiger partial charge on any atom is -0.336 e. The minimum atomic E-state index is -3.84. The Balaban J connectivity index is 2.64. The molecule has 0 saturated carbocycles. The lowest BCUT2D eigenvalue weighted by Crippen LogP contribution is -2.40. The minimum absolute atomic E-state index is 0.00748. The van der Waals surface area contributed by atoms with Crippen molar-refractivity contribution in [3.63, 3.8) is 0 Å². The van der Waals surface area contributed by atoms with E-state index in [1.165, 1.54) is 24.3 Å². The lowest BCUT2D eigenvalue weighted by Gasteiger charge is -2.08. The van der Waals surface area contributed by atoms with E-state index in [9.17, 15) is 13.2 Å². The fourth-order valence-electron chi connectivity index (χ4n) is 1.10. The van der Waals surface area contributed by atoms with Crippen LogP contribution >= 0.6 is 23.4 Å². The highest BCUT2D eigenvalue weighted by molar-refractivity contribution is 7.98. The van der Waals surface area contributed by atoms with Crippen molar-refractivity contribution in [3.8, 4) is 0 Å². The quantitative estimate of drug-likeness (QED) is 0.812. The second-order valence-electron chi connectivity index (χ2n) is 3.31. The van der Waals surface area contributed by atoms with Gasteiger partial charge in [0.05, 0.1) is 4.90 Å². The van der Waals surface area contributed by atoms with Crippen LogP contribution in [-0.4, -0.2) is 33.0 Å². The number of carbonyl (C=O) groups excluding carboxylic acids is 1. The van der Waals surface area contributed by atoms with E-state index in [0.717, 1.165) is 0 Å². The molecule has 0 bridgehead atoms. The third-order valence-electron chi connectivity index (χ3n) is 1.94. The van der Waals surface area contributed by atoms with E-state index in [0.29, 0.717) is 17.3 Å². The third kappa shape index (κ3) is 4.75. The Bertz CT molecular complexity index is 502. The second-order valence-corrected chi connectivity index (χ2v) is 6.41. The number of amides is 2. The van der Waals surface area contributed by atoms with Crippen molar-refractivity contribution in [2.75, 3.05) is 18.6 Å². The molecular weight excluding hydrogens is 296 g/mol. The molecule has 8 heteroatoms. The molecule has 0 fully saturated rings. The lowest BCUT2D eigenvalue weighted by molar-refractivity contribution is 0.246. The van der Waals surface area contributed by atoms with Crippen LogP contribution in [0.1, 0.15) is 0 Å². The van der Waals surface area contributed by atoms with Crippen LogP contribution in [0.25, 0.3) is 0 Å². The van der Waals surface area contributed by atoms with Gasteiger partial charge in [0.15, 0.2) is 0 Å². The van der Waals surface area contributed by atoms with Gasteiger partial charge >= 0.3 is 6.03 Å². The van der Waals surface area contributed by atoms with Gasteiger partial charge in [0, 0.05) is 17.3 Å². The van der Waals surface area contributed by atoms with E-state index in [-0.39, 0.29) is 4.90 Å². The van der Waals surface area contributed by atoms with Gasteiger partial charge in [-0.2, -0.15) is 11.8 Å². The van der Waals surface area contributed by atoms with Crippen molar-refractivity contribution in [3.05, 3.63) is 29.3 Å². The highest BCUT2D eigenvalue weighted by atomic mass is 35.5. The van der Waals surface area contributed by atoms with Gasteiger partial charge in [0.1, 0.15) is 0 Å². The van der Waals surface area contributed by atoms with E-state index in [1.54, 1.807) is 11.8 Å². The van der Waals surface area contributed by atoms with Crippen LogP contribution in [0.3, 0.4) is 0 Å². The molecular formula is C10H13ClN2O3S2. The molecule has 18 heavy (non-hydrogen) atoms. The first kappa shape index (κ1) is 15.1. The first-order valence-electron chi connectivity index (χ1n) is 5.01. The number of nitrogens with one attached hydrogen (secondary N) is 2. The molecule has 1 aromatic carbocycles. The van der Waals surface area contributed by atoms with E-state index < -0.39 is 16.1 Å². The summed E-state index contributed by atoms with van der Waals surface area (Å²) in [6.45, 7) is 0.406. The summed E-state index contributed by atoms with van der Waals surface area (Å²) in [5.41, 5.74) is 0. The largest absolute Gasteiger partial charge is 0.336 e. The molecule has 0 unspecified atom stereocenters. The molecule has 0 heterocycles. The Morgan fingerprint density at radius 1 is 1.33 bits per heavy atom. The number of halogens is 1. The number of hydrogen-bond donors (Lipinski definition) is 2. The Morgan fingerprint density at radius 3 is 2.50 bits per heavy atom. The summed E-state index contributed by atoms with van der Waals surface area (Å²) in [5, 5.41) is 2.87. The fourth-order valence-corrected chi connectivity index (χ4v) is 2.46. The second kappa shape index (κ2) is 6.86. The molecule has 0 aromatic heterocycles. The molecule has 100 valence electrons. The Kier molecular flexibility index (Phi) is 5.77. The summed E-state index contributed by atoms with van der Waals surface area (Å²) in [5.74, 6) is 0.717. The average Bonchev–Trinajstić information content (AvgIpc) is 2.29. The standard InChI is InChI=1S/C10H13ClN2O3S2/c1-17-7-6-12-10(14)13-18(15,16)9-4-2-8(11)3-5-9/h2-5H,6-7H2,1H3,(H2,12,13,14). The van der Waals surface area contributed by atoms with Crippen LogP contribution in [0.4, 0.5) is 4.79 Å². The number of rotatable bonds is 5. The van der Waals surface area contributed by atoms with E-state index in [4.69, 9.17) is 11.6 Å². The van der Waals surface area contributed by atoms with E-state index >= 15 is 0 Å². The van der Waals surface area contributed by atoms with Gasteiger partial charge in [-0.05, 0) is 30.5 Å². The van der Waals surface area contributed by atoms with E-state index in [2.05, 4.69) is 5.32 Å². The molecule has 0 atom stereocenters. The first-order valence-corrected chi connectivity index (χ1v) is 8.26. The maximum Gasteiger partial charge on any atom is 0.328 e. The zero-order valence-corrected chi connectivity index (χ0v) is 12.0. The van der Waals surface area contributed by atoms with Crippen molar-refractivity contribution in [1.29, 1.82) is 0 Å². The van der Waals surface area contributed by atoms with Gasteiger partial charge in [-0.15, -0.1) is 0 Å². The molecule has 1 aromatic rings. The summed E-state index contributed by atoms with van der Waals surface area (Å²) in [7, 11) is -3.84. The molecule has 0 aliphatic heterocycles. The first-order chi connectivity index (χ1) is 8.45. The Labute approximate surface area is 115 Å². The van der Waals surface area contributed by atoms with Crippen LogP contribution in [0.2, 0.25) is 5.02 Å². The number of hydrogen-bond acceptors (Lipinski definition) is 4. The van der Waals surface area contributed by atoms with Crippen molar-refractivity contribution in [1.82, 2.24) is 10.0 Å². The summed E-state index contributed by atoms with van der Waals surface area (Å²) in [6.07, 6.45) is 1.89. The molecule has 2 amide bonds. The molecule has 0 aliphatic rings. The normalized spacial score (nSPS) is 11.0. The number of carbonyl (C=O) groups is 1. The molecule has 5 nitrogen and oxygen atoms in total. The average molecular weight is 309 g/mol. The molecule has 0 saturated heterocycles. The van der Waals surface area contributed by atoms with Crippen molar-refractivity contribution in [2.24, 2.45) is 0 Å². The lowest BCUT2D eigenvalue weighted by atomic mass is 10.4. The van der Waals surface area contributed by atoms with Gasteiger partial charge in [-0.25, -0.2) is 17.9 Å². The van der Waals surface area contributed by atoms with Crippen LogP contribution in [-0.2, 0) is 10.0 Å². The van der Waals surface area contributed by atoms with Crippen LogP contribution in [0.5, 0.6) is 0 Å². The van der Waals surface area contributed by atoms with Crippen molar-refractivity contribution in [2.45, 2.75) is 4.90 Å². The van der Waals surface area contributed by atoms with Gasteiger partial charge in [0.25, 0.3) is 10.0 Å². The highest BCUT2D eigenvalue weighted by Gasteiger charge is 2.16. The van der Waals surface area contributed by atoms with Crippen LogP contribution < -0.4 is 10.0 Å². The third-order valence-corrected chi connectivity index (χ3v) is 4.15.